The molecule has 0 aliphatic carbocycles. The molecule has 4 nitrogen and oxygen atoms in total. The summed E-state index contributed by atoms with van der Waals surface area (Å²) >= 11 is 8.00. The number of aryl methyl sites for hydroxylation is 1. The first-order valence-corrected chi connectivity index (χ1v) is 9.35. The smallest absolute Gasteiger partial charge is 0.106 e. The Hall–Kier alpha value is -0.880. The second kappa shape index (κ2) is 5.59. The largest absolute Gasteiger partial charge is 0.369 e. The number of nitrogens with zero attached hydrogens (tertiary/aromatic N) is 2. The Bertz CT molecular complexity index is 740. The fourth-order valence-electron chi connectivity index (χ4n) is 4.12. The van der Waals surface area contributed by atoms with E-state index in [9.17, 15) is 0 Å². The maximum Gasteiger partial charge on any atom is 0.106 e. The van der Waals surface area contributed by atoms with E-state index < -0.39 is 0 Å². The Kier molecular flexibility index (Phi) is 3.80. The number of fused-ring (bicyclic) bond motifs is 2. The van der Waals surface area contributed by atoms with Crippen LogP contribution in [-0.2, 0) is 23.8 Å². The van der Waals surface area contributed by atoms with Crippen LogP contribution in [0.25, 0.3) is 0 Å². The monoisotopic (exact) mass is 351 g/mol. The van der Waals surface area contributed by atoms with Gasteiger partial charge in [-0.15, -0.1) is 11.3 Å². The maximum absolute atomic E-state index is 6.40. The molecule has 0 amide bonds. The van der Waals surface area contributed by atoms with Crippen molar-refractivity contribution >= 4 is 22.9 Å². The second-order valence-corrected chi connectivity index (χ2v) is 8.52. The molecule has 2 aliphatic heterocycles. The first-order chi connectivity index (χ1) is 11.0. The van der Waals surface area contributed by atoms with Crippen molar-refractivity contribution in [3.05, 3.63) is 38.3 Å². The molecule has 124 valence electrons. The van der Waals surface area contributed by atoms with Crippen LogP contribution in [0.5, 0.6) is 0 Å². The fraction of sp³-hybridized carbons (Fsp3) is 0.588. The van der Waals surface area contributed by atoms with Crippen molar-refractivity contribution in [2.24, 2.45) is 7.05 Å². The number of hydrogen-bond donors (Lipinski definition) is 1. The summed E-state index contributed by atoms with van der Waals surface area (Å²) in [6.45, 7) is 5.16. The normalized spacial score (nSPS) is 30.6. The van der Waals surface area contributed by atoms with Crippen molar-refractivity contribution in [1.82, 2.24) is 15.1 Å². The van der Waals surface area contributed by atoms with E-state index in [-0.39, 0.29) is 11.6 Å². The van der Waals surface area contributed by atoms with Gasteiger partial charge in [0.05, 0.1) is 17.1 Å². The van der Waals surface area contributed by atoms with Gasteiger partial charge in [-0.05, 0) is 38.3 Å². The molecule has 0 radical (unpaired) electrons. The van der Waals surface area contributed by atoms with Gasteiger partial charge in [0.25, 0.3) is 0 Å². The predicted molar refractivity (Wildman–Crippen MR) is 93.2 cm³/mol. The van der Waals surface area contributed by atoms with Crippen molar-refractivity contribution in [3.8, 4) is 0 Å². The van der Waals surface area contributed by atoms with Crippen molar-refractivity contribution in [2.45, 2.75) is 50.8 Å². The number of ether oxygens (including phenoxy) is 1. The molecule has 1 spiro atoms. The molecule has 4 rings (SSSR count). The van der Waals surface area contributed by atoms with Crippen molar-refractivity contribution < 1.29 is 4.74 Å². The molecule has 1 saturated heterocycles. The highest BCUT2D eigenvalue weighted by atomic mass is 35.5. The van der Waals surface area contributed by atoms with Crippen LogP contribution in [0, 0.1) is 6.92 Å². The molecular formula is C17H22ClN3OS. The molecule has 0 unspecified atom stereocenters. The van der Waals surface area contributed by atoms with Gasteiger partial charge in [-0.2, -0.15) is 5.10 Å². The minimum Gasteiger partial charge on any atom is -0.369 e. The lowest BCUT2D eigenvalue weighted by atomic mass is 9.78. The molecular weight excluding hydrogens is 330 g/mol. The summed E-state index contributed by atoms with van der Waals surface area (Å²) in [6.07, 6.45) is 4.89. The van der Waals surface area contributed by atoms with Gasteiger partial charge in [0.1, 0.15) is 5.60 Å². The van der Waals surface area contributed by atoms with E-state index in [0.29, 0.717) is 6.04 Å². The number of aromatic nitrogens is 2. The maximum atomic E-state index is 6.40. The Balaban J connectivity index is 1.74. The average molecular weight is 352 g/mol. The van der Waals surface area contributed by atoms with Gasteiger partial charge in [0.15, 0.2) is 0 Å². The molecule has 2 aliphatic rings. The Labute approximate surface area is 145 Å². The van der Waals surface area contributed by atoms with Crippen molar-refractivity contribution in [2.75, 3.05) is 6.61 Å². The summed E-state index contributed by atoms with van der Waals surface area (Å²) < 4.78 is 9.22. The highest BCUT2D eigenvalue weighted by Crippen LogP contribution is 2.50. The van der Waals surface area contributed by atoms with Crippen LogP contribution >= 0.6 is 22.9 Å². The second-order valence-electron chi connectivity index (χ2n) is 6.84. The Morgan fingerprint density at radius 2 is 2.30 bits per heavy atom. The third kappa shape index (κ3) is 2.54. The molecule has 1 N–H and O–H groups in total. The van der Waals surface area contributed by atoms with Crippen LogP contribution in [0.2, 0.25) is 4.34 Å². The van der Waals surface area contributed by atoms with Gasteiger partial charge in [0.2, 0.25) is 0 Å². The Morgan fingerprint density at radius 1 is 1.48 bits per heavy atom. The number of thiophene rings is 1. The van der Waals surface area contributed by atoms with E-state index >= 15 is 0 Å². The molecule has 2 aromatic heterocycles. The Morgan fingerprint density at radius 3 is 3.04 bits per heavy atom. The van der Waals surface area contributed by atoms with Crippen LogP contribution in [0.15, 0.2) is 12.3 Å². The third-order valence-corrected chi connectivity index (χ3v) is 6.74. The third-order valence-electron chi connectivity index (χ3n) is 5.25. The van der Waals surface area contributed by atoms with Gasteiger partial charge in [0, 0.05) is 41.7 Å². The summed E-state index contributed by atoms with van der Waals surface area (Å²) in [6, 6.07) is 2.78. The molecule has 0 aromatic carbocycles. The lowest BCUT2D eigenvalue weighted by Crippen LogP contribution is -2.49. The van der Waals surface area contributed by atoms with Crippen LogP contribution in [0.3, 0.4) is 0 Å². The van der Waals surface area contributed by atoms with E-state index in [2.05, 4.69) is 30.3 Å². The highest BCUT2D eigenvalue weighted by molar-refractivity contribution is 7.16. The lowest BCUT2D eigenvalue weighted by Gasteiger charge is -2.46. The molecule has 0 saturated carbocycles. The number of nitrogens with one attached hydrogen (secondary N) is 1. The van der Waals surface area contributed by atoms with Gasteiger partial charge in [-0.25, -0.2) is 0 Å². The average Bonchev–Trinajstić information content (AvgIpc) is 3.03. The van der Waals surface area contributed by atoms with Crippen molar-refractivity contribution in [3.63, 3.8) is 0 Å². The molecule has 2 aromatic rings. The van der Waals surface area contributed by atoms with Crippen LogP contribution in [0.4, 0.5) is 0 Å². The summed E-state index contributed by atoms with van der Waals surface area (Å²) in [4.78, 5) is 1.34. The van der Waals surface area contributed by atoms with Crippen LogP contribution in [0.1, 0.15) is 47.5 Å². The SMILES string of the molecule is Cc1c([C@@H]2C[C@]3(C[C@H](C)N2)OCCc2cc(Cl)sc23)cnn1C. The van der Waals surface area contributed by atoms with Crippen LogP contribution in [-0.4, -0.2) is 22.4 Å². The molecule has 0 bridgehead atoms. The van der Waals surface area contributed by atoms with Crippen molar-refractivity contribution in [1.29, 1.82) is 0 Å². The van der Waals surface area contributed by atoms with E-state index in [1.54, 1.807) is 11.3 Å². The lowest BCUT2D eigenvalue weighted by molar-refractivity contribution is -0.0954. The van der Waals surface area contributed by atoms with Gasteiger partial charge < -0.3 is 10.1 Å². The molecule has 6 heteroatoms. The van der Waals surface area contributed by atoms with E-state index in [1.165, 1.54) is 21.7 Å². The predicted octanol–water partition coefficient (Wildman–Crippen LogP) is 3.72. The minimum absolute atomic E-state index is 0.205. The number of piperidine rings is 1. The summed E-state index contributed by atoms with van der Waals surface area (Å²) in [5.74, 6) is 0. The molecule has 4 heterocycles. The first kappa shape index (κ1) is 15.6. The quantitative estimate of drug-likeness (QED) is 0.851. The number of halogens is 1. The minimum atomic E-state index is -0.205. The topological polar surface area (TPSA) is 39.1 Å². The first-order valence-electron chi connectivity index (χ1n) is 8.16. The van der Waals surface area contributed by atoms with Crippen LogP contribution < -0.4 is 5.32 Å². The summed E-state index contributed by atoms with van der Waals surface area (Å²) in [5.41, 5.74) is 3.66. The zero-order valence-electron chi connectivity index (χ0n) is 13.7. The molecule has 23 heavy (non-hydrogen) atoms. The molecule has 1 fully saturated rings. The molecule has 3 atom stereocenters. The highest BCUT2D eigenvalue weighted by Gasteiger charge is 2.46. The van der Waals surface area contributed by atoms with E-state index in [4.69, 9.17) is 16.3 Å². The van der Waals surface area contributed by atoms with Gasteiger partial charge >= 0.3 is 0 Å². The van der Waals surface area contributed by atoms with E-state index in [1.807, 2.05) is 17.9 Å². The summed E-state index contributed by atoms with van der Waals surface area (Å²) in [7, 11) is 2.00. The standard InChI is InChI=1S/C17H22ClN3OS/c1-10-7-17(16-12(4-5-22-17)6-15(18)23-16)8-14(20-10)13-9-19-21(3)11(13)2/h6,9-10,14,20H,4-5,7-8H2,1-3H3/t10-,14-,17-/m0/s1. The number of hydrogen-bond acceptors (Lipinski definition) is 4. The fourth-order valence-corrected chi connectivity index (χ4v) is 5.58. The van der Waals surface area contributed by atoms with Gasteiger partial charge in [-0.3, -0.25) is 4.68 Å². The zero-order valence-corrected chi connectivity index (χ0v) is 15.3. The zero-order chi connectivity index (χ0) is 16.2. The number of rotatable bonds is 1. The van der Waals surface area contributed by atoms with E-state index in [0.717, 1.165) is 30.2 Å². The van der Waals surface area contributed by atoms with Gasteiger partial charge in [-0.1, -0.05) is 11.6 Å². The summed E-state index contributed by atoms with van der Waals surface area (Å²) in [5, 5.41) is 8.15.